The minimum absolute atomic E-state index is 0.188. The highest BCUT2D eigenvalue weighted by Gasteiger charge is 2.20. The Hall–Kier alpha value is -1.37. The fourth-order valence-electron chi connectivity index (χ4n) is 3.19. The van der Waals surface area contributed by atoms with Crippen molar-refractivity contribution >= 4 is 29.0 Å². The molecule has 0 aliphatic carbocycles. The number of carbonyl (C=O) groups excluding carboxylic acids is 1. The summed E-state index contributed by atoms with van der Waals surface area (Å²) in [4.78, 5) is 19.1. The van der Waals surface area contributed by atoms with E-state index in [2.05, 4.69) is 50.9 Å². The van der Waals surface area contributed by atoms with E-state index in [0.717, 1.165) is 54.7 Å². The van der Waals surface area contributed by atoms with Gasteiger partial charge in [-0.05, 0) is 25.3 Å². The Balaban J connectivity index is 1.28. The van der Waals surface area contributed by atoms with Gasteiger partial charge in [0.1, 0.15) is 0 Å². The molecule has 26 heavy (non-hydrogen) atoms. The molecular formula is C20H27N3OS2. The summed E-state index contributed by atoms with van der Waals surface area (Å²) in [6.07, 6.45) is 2.69. The lowest BCUT2D eigenvalue weighted by Gasteiger charge is -2.32. The molecule has 1 aliphatic heterocycles. The van der Waals surface area contributed by atoms with Crippen LogP contribution in [0, 0.1) is 6.92 Å². The molecule has 140 valence electrons. The first-order valence-corrected chi connectivity index (χ1v) is 11.3. The molecule has 0 bridgehead atoms. The first-order chi connectivity index (χ1) is 12.7. The molecule has 2 aromatic rings. The first-order valence-electron chi connectivity index (χ1n) is 9.23. The number of benzene rings is 1. The standard InChI is InChI=1S/C20H27N3OS2/c1-16-21-19(15-26-16)14-25-12-9-20(24)22-18-7-10-23(11-8-18)13-17-5-3-2-4-6-17/h2-6,15,18H,7-14H2,1H3,(H,22,24). The van der Waals surface area contributed by atoms with Crippen LogP contribution in [0.2, 0.25) is 0 Å². The maximum Gasteiger partial charge on any atom is 0.221 e. The van der Waals surface area contributed by atoms with Crippen LogP contribution in [0.3, 0.4) is 0 Å². The van der Waals surface area contributed by atoms with E-state index >= 15 is 0 Å². The molecule has 1 N–H and O–H groups in total. The highest BCUT2D eigenvalue weighted by molar-refractivity contribution is 7.98. The van der Waals surface area contributed by atoms with Crippen molar-refractivity contribution in [3.05, 3.63) is 52.0 Å². The Morgan fingerprint density at radius 2 is 2.08 bits per heavy atom. The van der Waals surface area contributed by atoms with Crippen LogP contribution in [0.4, 0.5) is 0 Å². The second-order valence-corrected chi connectivity index (χ2v) is 8.93. The van der Waals surface area contributed by atoms with Crippen LogP contribution in [0.25, 0.3) is 0 Å². The summed E-state index contributed by atoms with van der Waals surface area (Å²) in [6.45, 7) is 5.14. The van der Waals surface area contributed by atoms with Crippen LogP contribution < -0.4 is 5.32 Å². The number of rotatable bonds is 8. The van der Waals surface area contributed by atoms with Crippen LogP contribution in [0.15, 0.2) is 35.7 Å². The summed E-state index contributed by atoms with van der Waals surface area (Å²) in [7, 11) is 0. The van der Waals surface area contributed by atoms with Gasteiger partial charge in [0.2, 0.25) is 5.91 Å². The summed E-state index contributed by atoms with van der Waals surface area (Å²) in [5.41, 5.74) is 2.49. The predicted molar refractivity (Wildman–Crippen MR) is 111 cm³/mol. The molecular weight excluding hydrogens is 362 g/mol. The van der Waals surface area contributed by atoms with Gasteiger partial charge in [0, 0.05) is 49.0 Å². The van der Waals surface area contributed by atoms with Gasteiger partial charge in [-0.2, -0.15) is 11.8 Å². The van der Waals surface area contributed by atoms with Crippen molar-refractivity contribution in [2.24, 2.45) is 0 Å². The third-order valence-corrected chi connectivity index (χ3v) is 6.41. The van der Waals surface area contributed by atoms with Gasteiger partial charge in [-0.25, -0.2) is 4.98 Å². The monoisotopic (exact) mass is 389 g/mol. The fourth-order valence-corrected chi connectivity index (χ4v) is 4.74. The molecule has 2 heterocycles. The molecule has 6 heteroatoms. The van der Waals surface area contributed by atoms with Gasteiger partial charge in [-0.1, -0.05) is 30.3 Å². The number of hydrogen-bond donors (Lipinski definition) is 1. The quantitative estimate of drug-likeness (QED) is 0.697. The fraction of sp³-hybridized carbons (Fsp3) is 0.500. The maximum absolute atomic E-state index is 12.1. The van der Waals surface area contributed by atoms with Crippen molar-refractivity contribution in [2.75, 3.05) is 18.8 Å². The Morgan fingerprint density at radius 3 is 2.77 bits per heavy atom. The lowest BCUT2D eigenvalue weighted by molar-refractivity contribution is -0.121. The number of thioether (sulfide) groups is 1. The molecule has 0 spiro atoms. The van der Waals surface area contributed by atoms with Crippen molar-refractivity contribution in [1.82, 2.24) is 15.2 Å². The van der Waals surface area contributed by atoms with E-state index in [1.807, 2.05) is 6.92 Å². The predicted octanol–water partition coefficient (Wildman–Crippen LogP) is 3.86. The van der Waals surface area contributed by atoms with Crippen molar-refractivity contribution < 1.29 is 4.79 Å². The zero-order valence-electron chi connectivity index (χ0n) is 15.3. The van der Waals surface area contributed by atoms with Crippen LogP contribution in [0.5, 0.6) is 0 Å². The maximum atomic E-state index is 12.1. The molecule has 4 nitrogen and oxygen atoms in total. The average Bonchev–Trinajstić information content (AvgIpc) is 3.07. The van der Waals surface area contributed by atoms with E-state index in [-0.39, 0.29) is 5.91 Å². The Labute approximate surface area is 164 Å². The minimum atomic E-state index is 0.188. The van der Waals surface area contributed by atoms with E-state index in [9.17, 15) is 4.79 Å². The van der Waals surface area contributed by atoms with Crippen molar-refractivity contribution in [3.63, 3.8) is 0 Å². The molecule has 3 rings (SSSR count). The van der Waals surface area contributed by atoms with Gasteiger partial charge in [0.25, 0.3) is 0 Å². The number of aryl methyl sites for hydroxylation is 1. The number of nitrogens with zero attached hydrogens (tertiary/aromatic N) is 2. The van der Waals surface area contributed by atoms with Gasteiger partial charge in [0.15, 0.2) is 0 Å². The number of likely N-dealkylation sites (tertiary alicyclic amines) is 1. The molecule has 1 aromatic carbocycles. The summed E-state index contributed by atoms with van der Waals surface area (Å²) in [6, 6.07) is 10.9. The number of piperidine rings is 1. The minimum Gasteiger partial charge on any atom is -0.353 e. The molecule has 1 amide bonds. The number of aromatic nitrogens is 1. The number of amides is 1. The SMILES string of the molecule is Cc1nc(CSCCC(=O)NC2CCN(Cc3ccccc3)CC2)cs1. The van der Waals surface area contributed by atoms with Gasteiger partial charge in [-0.15, -0.1) is 11.3 Å². The highest BCUT2D eigenvalue weighted by Crippen LogP contribution is 2.17. The van der Waals surface area contributed by atoms with Crippen molar-refractivity contribution in [1.29, 1.82) is 0 Å². The normalized spacial score (nSPS) is 15.9. The summed E-state index contributed by atoms with van der Waals surface area (Å²) in [5.74, 6) is 1.94. The molecule has 1 saturated heterocycles. The van der Waals surface area contributed by atoms with Crippen LogP contribution in [-0.2, 0) is 17.1 Å². The average molecular weight is 390 g/mol. The summed E-state index contributed by atoms with van der Waals surface area (Å²) in [5, 5.41) is 6.42. The zero-order valence-corrected chi connectivity index (χ0v) is 17.0. The second-order valence-electron chi connectivity index (χ2n) is 6.76. The van der Waals surface area contributed by atoms with E-state index in [4.69, 9.17) is 0 Å². The van der Waals surface area contributed by atoms with Gasteiger partial charge >= 0.3 is 0 Å². The van der Waals surface area contributed by atoms with Crippen molar-refractivity contribution in [2.45, 2.75) is 44.5 Å². The summed E-state index contributed by atoms with van der Waals surface area (Å²) >= 11 is 3.47. The molecule has 0 atom stereocenters. The van der Waals surface area contributed by atoms with Crippen LogP contribution >= 0.6 is 23.1 Å². The van der Waals surface area contributed by atoms with Gasteiger partial charge in [-0.3, -0.25) is 9.69 Å². The largest absolute Gasteiger partial charge is 0.353 e. The smallest absolute Gasteiger partial charge is 0.221 e. The van der Waals surface area contributed by atoms with E-state index in [1.165, 1.54) is 5.56 Å². The molecule has 1 fully saturated rings. The Kier molecular flexibility index (Phi) is 7.53. The number of nitrogens with one attached hydrogen (secondary N) is 1. The van der Waals surface area contributed by atoms with Gasteiger partial charge < -0.3 is 5.32 Å². The van der Waals surface area contributed by atoms with E-state index in [0.29, 0.717) is 12.5 Å². The topological polar surface area (TPSA) is 45.2 Å². The van der Waals surface area contributed by atoms with Crippen LogP contribution in [0.1, 0.15) is 35.5 Å². The Bertz CT molecular complexity index is 681. The molecule has 1 aromatic heterocycles. The molecule has 0 saturated carbocycles. The summed E-state index contributed by atoms with van der Waals surface area (Å²) < 4.78 is 0. The third-order valence-electron chi connectivity index (χ3n) is 4.59. The molecule has 0 radical (unpaired) electrons. The lowest BCUT2D eigenvalue weighted by Crippen LogP contribution is -2.44. The second kappa shape index (κ2) is 10.1. The number of carbonyl (C=O) groups is 1. The van der Waals surface area contributed by atoms with Crippen LogP contribution in [-0.4, -0.2) is 40.7 Å². The molecule has 1 aliphatic rings. The lowest BCUT2D eigenvalue weighted by atomic mass is 10.0. The Morgan fingerprint density at radius 1 is 1.31 bits per heavy atom. The highest BCUT2D eigenvalue weighted by atomic mass is 32.2. The number of thiazole rings is 1. The van der Waals surface area contributed by atoms with Gasteiger partial charge in [0.05, 0.1) is 10.7 Å². The van der Waals surface area contributed by atoms with E-state index in [1.54, 1.807) is 23.1 Å². The third kappa shape index (κ3) is 6.41. The zero-order chi connectivity index (χ0) is 18.2. The first kappa shape index (κ1) is 19.4. The van der Waals surface area contributed by atoms with Crippen molar-refractivity contribution in [3.8, 4) is 0 Å². The molecule has 0 unspecified atom stereocenters. The van der Waals surface area contributed by atoms with E-state index < -0.39 is 0 Å². The number of hydrogen-bond acceptors (Lipinski definition) is 5.